The molecule has 0 radical (unpaired) electrons. The predicted octanol–water partition coefficient (Wildman–Crippen LogP) is 1.75. The van der Waals surface area contributed by atoms with Gasteiger partial charge < -0.3 is 16.4 Å². The Morgan fingerprint density at radius 2 is 1.80 bits per heavy atom. The van der Waals surface area contributed by atoms with Gasteiger partial charge in [-0.1, -0.05) is 19.9 Å². The second-order valence-electron chi connectivity index (χ2n) is 5.47. The summed E-state index contributed by atoms with van der Waals surface area (Å²) in [7, 11) is 0. The molecule has 110 valence electrons. The van der Waals surface area contributed by atoms with Crippen molar-refractivity contribution in [1.29, 1.82) is 0 Å². The molecule has 0 aliphatic rings. The third kappa shape index (κ3) is 4.66. The summed E-state index contributed by atoms with van der Waals surface area (Å²) in [6, 6.07) is 6.31. The molecule has 0 fully saturated rings. The monoisotopic (exact) mass is 277 g/mol. The molecule has 2 amide bonds. The second-order valence-corrected chi connectivity index (χ2v) is 5.47. The molecule has 1 rings (SSSR count). The number of nitrogens with one attached hydrogen (secondary N) is 2. The zero-order chi connectivity index (χ0) is 15.3. The number of hydrogen-bond donors (Lipinski definition) is 3. The van der Waals surface area contributed by atoms with Crippen LogP contribution in [0, 0.1) is 5.92 Å². The summed E-state index contributed by atoms with van der Waals surface area (Å²) < 4.78 is 0. The fourth-order valence-electron chi connectivity index (χ4n) is 1.61. The first-order valence-electron chi connectivity index (χ1n) is 6.78. The Labute approximate surface area is 119 Å². The van der Waals surface area contributed by atoms with E-state index in [0.29, 0.717) is 11.3 Å². The van der Waals surface area contributed by atoms with Crippen LogP contribution >= 0.6 is 0 Å². The van der Waals surface area contributed by atoms with E-state index in [2.05, 4.69) is 10.6 Å². The zero-order valence-corrected chi connectivity index (χ0v) is 12.4. The van der Waals surface area contributed by atoms with Crippen LogP contribution in [0.5, 0.6) is 0 Å². The van der Waals surface area contributed by atoms with Gasteiger partial charge in [-0.25, -0.2) is 0 Å². The van der Waals surface area contributed by atoms with E-state index >= 15 is 0 Å². The number of benzene rings is 1. The van der Waals surface area contributed by atoms with Crippen molar-refractivity contribution in [1.82, 2.24) is 5.32 Å². The van der Waals surface area contributed by atoms with Crippen molar-refractivity contribution < 1.29 is 9.59 Å². The van der Waals surface area contributed by atoms with Gasteiger partial charge in [-0.15, -0.1) is 0 Å². The minimum Gasteiger partial charge on any atom is -0.350 e. The molecule has 0 aliphatic carbocycles. The Kier molecular flexibility index (Phi) is 5.70. The molecule has 4 N–H and O–H groups in total. The van der Waals surface area contributed by atoms with Crippen molar-refractivity contribution in [2.75, 3.05) is 5.32 Å². The minimum atomic E-state index is -0.567. The van der Waals surface area contributed by atoms with Gasteiger partial charge in [0.2, 0.25) is 5.91 Å². The number of carbonyl (C=O) groups is 2. The number of hydrogen-bond acceptors (Lipinski definition) is 3. The largest absolute Gasteiger partial charge is 0.350 e. The summed E-state index contributed by atoms with van der Waals surface area (Å²) in [6.45, 7) is 7.56. The zero-order valence-electron chi connectivity index (χ0n) is 12.4. The molecule has 0 aliphatic heterocycles. The lowest BCUT2D eigenvalue weighted by Crippen LogP contribution is -2.39. The van der Waals surface area contributed by atoms with Crippen molar-refractivity contribution in [2.24, 2.45) is 11.7 Å². The van der Waals surface area contributed by atoms with Crippen molar-refractivity contribution in [3.05, 3.63) is 29.8 Å². The van der Waals surface area contributed by atoms with Gasteiger partial charge in [0.1, 0.15) is 0 Å². The maximum atomic E-state index is 11.9. The highest BCUT2D eigenvalue weighted by atomic mass is 16.2. The van der Waals surface area contributed by atoms with E-state index in [1.165, 1.54) is 0 Å². The van der Waals surface area contributed by atoms with Crippen LogP contribution < -0.4 is 16.4 Å². The Bertz CT molecular complexity index is 484. The molecule has 1 aromatic rings. The van der Waals surface area contributed by atoms with Crippen molar-refractivity contribution >= 4 is 17.5 Å². The highest BCUT2D eigenvalue weighted by molar-refractivity contribution is 5.98. The third-order valence-corrected chi connectivity index (χ3v) is 2.83. The first kappa shape index (κ1) is 16.2. The summed E-state index contributed by atoms with van der Waals surface area (Å²) in [4.78, 5) is 23.8. The molecule has 5 nitrogen and oxygen atoms in total. The highest BCUT2D eigenvalue weighted by Gasteiger charge is 2.17. The van der Waals surface area contributed by atoms with Crippen molar-refractivity contribution in [3.63, 3.8) is 0 Å². The van der Waals surface area contributed by atoms with E-state index in [0.717, 1.165) is 0 Å². The van der Waals surface area contributed by atoms with Crippen LogP contribution in [0.2, 0.25) is 0 Å². The van der Waals surface area contributed by atoms with Gasteiger partial charge in [0.05, 0.1) is 6.04 Å². The maximum absolute atomic E-state index is 11.9. The molecule has 0 unspecified atom stereocenters. The van der Waals surface area contributed by atoms with Gasteiger partial charge in [-0.3, -0.25) is 9.59 Å². The molecule has 0 heterocycles. The Balaban J connectivity index is 2.78. The fourth-order valence-corrected chi connectivity index (χ4v) is 1.61. The van der Waals surface area contributed by atoms with Crippen LogP contribution in [0.1, 0.15) is 38.1 Å². The molecular weight excluding hydrogens is 254 g/mol. The quantitative estimate of drug-likeness (QED) is 0.766. The summed E-state index contributed by atoms with van der Waals surface area (Å²) in [6.07, 6.45) is 0. The number of carbonyl (C=O) groups excluding carboxylic acids is 2. The SMILES string of the molecule is CC(C)NC(=O)c1cccc(NC(=O)[C@@H](N)C(C)C)c1. The number of nitrogens with two attached hydrogens (primary N) is 1. The Hall–Kier alpha value is -1.88. The minimum absolute atomic E-state index is 0.0578. The normalized spacial score (nSPS) is 12.3. The molecule has 0 saturated heterocycles. The number of rotatable bonds is 5. The number of anilines is 1. The van der Waals surface area contributed by atoms with E-state index in [1.54, 1.807) is 24.3 Å². The molecule has 1 atom stereocenters. The first-order valence-corrected chi connectivity index (χ1v) is 6.78. The molecule has 20 heavy (non-hydrogen) atoms. The molecule has 1 aromatic carbocycles. The maximum Gasteiger partial charge on any atom is 0.251 e. The van der Waals surface area contributed by atoms with Gasteiger partial charge in [0, 0.05) is 17.3 Å². The van der Waals surface area contributed by atoms with E-state index in [-0.39, 0.29) is 23.8 Å². The van der Waals surface area contributed by atoms with Crippen LogP contribution in [0.4, 0.5) is 5.69 Å². The Morgan fingerprint density at radius 3 is 2.35 bits per heavy atom. The van der Waals surface area contributed by atoms with Gasteiger partial charge in [0.15, 0.2) is 0 Å². The molecule has 5 heteroatoms. The van der Waals surface area contributed by atoms with Gasteiger partial charge >= 0.3 is 0 Å². The molecule has 0 saturated carbocycles. The van der Waals surface area contributed by atoms with E-state index in [9.17, 15) is 9.59 Å². The highest BCUT2D eigenvalue weighted by Crippen LogP contribution is 2.12. The first-order chi connectivity index (χ1) is 9.31. The Morgan fingerprint density at radius 1 is 1.15 bits per heavy atom. The lowest BCUT2D eigenvalue weighted by Gasteiger charge is -2.16. The molecular formula is C15H23N3O2. The van der Waals surface area contributed by atoms with Crippen LogP contribution in [-0.2, 0) is 4.79 Å². The van der Waals surface area contributed by atoms with Gasteiger partial charge in [0.25, 0.3) is 5.91 Å². The molecule has 0 aromatic heterocycles. The van der Waals surface area contributed by atoms with Crippen LogP contribution in [0.3, 0.4) is 0 Å². The smallest absolute Gasteiger partial charge is 0.251 e. The fraction of sp³-hybridized carbons (Fsp3) is 0.467. The predicted molar refractivity (Wildman–Crippen MR) is 80.5 cm³/mol. The topological polar surface area (TPSA) is 84.2 Å². The standard InChI is InChI=1S/C15H23N3O2/c1-9(2)13(16)15(20)18-12-7-5-6-11(8-12)14(19)17-10(3)4/h5-10,13H,16H2,1-4H3,(H,17,19)(H,18,20)/t13-/m0/s1. The van der Waals surface area contributed by atoms with E-state index in [1.807, 2.05) is 27.7 Å². The van der Waals surface area contributed by atoms with E-state index in [4.69, 9.17) is 5.73 Å². The second kappa shape index (κ2) is 7.05. The summed E-state index contributed by atoms with van der Waals surface area (Å²) >= 11 is 0. The van der Waals surface area contributed by atoms with E-state index < -0.39 is 6.04 Å². The summed E-state index contributed by atoms with van der Waals surface area (Å²) in [5, 5.41) is 5.53. The average molecular weight is 277 g/mol. The average Bonchev–Trinajstić information content (AvgIpc) is 2.37. The van der Waals surface area contributed by atoms with Crippen LogP contribution in [-0.4, -0.2) is 23.9 Å². The third-order valence-electron chi connectivity index (χ3n) is 2.83. The summed E-state index contributed by atoms with van der Waals surface area (Å²) in [5.74, 6) is -0.354. The summed E-state index contributed by atoms with van der Waals surface area (Å²) in [5.41, 5.74) is 6.86. The molecule has 0 spiro atoms. The van der Waals surface area contributed by atoms with Crippen molar-refractivity contribution in [2.45, 2.75) is 39.8 Å². The van der Waals surface area contributed by atoms with Gasteiger partial charge in [-0.05, 0) is 38.0 Å². The van der Waals surface area contributed by atoms with Crippen LogP contribution in [0.15, 0.2) is 24.3 Å². The van der Waals surface area contributed by atoms with Crippen LogP contribution in [0.25, 0.3) is 0 Å². The lowest BCUT2D eigenvalue weighted by molar-refractivity contribution is -0.118. The lowest BCUT2D eigenvalue weighted by atomic mass is 10.0. The van der Waals surface area contributed by atoms with Gasteiger partial charge in [-0.2, -0.15) is 0 Å². The number of amides is 2. The molecule has 0 bridgehead atoms. The van der Waals surface area contributed by atoms with Crippen molar-refractivity contribution in [3.8, 4) is 0 Å².